The molecule has 3 aliphatic heterocycles. The number of nitrogens with zero attached hydrogens (tertiary/aromatic N) is 3. The van der Waals surface area contributed by atoms with Crippen molar-refractivity contribution in [3.8, 4) is 10.4 Å². The highest BCUT2D eigenvalue weighted by Crippen LogP contribution is 2.43. The van der Waals surface area contributed by atoms with Crippen LogP contribution in [0.1, 0.15) is 48.8 Å². The van der Waals surface area contributed by atoms with Crippen LogP contribution < -0.4 is 20.4 Å². The summed E-state index contributed by atoms with van der Waals surface area (Å²) < 4.78 is 34.0. The zero-order valence-corrected chi connectivity index (χ0v) is 28.3. The van der Waals surface area contributed by atoms with Crippen LogP contribution in [0.3, 0.4) is 0 Å². The molecule has 1 spiro atoms. The number of thiophene rings is 1. The summed E-state index contributed by atoms with van der Waals surface area (Å²) >= 11 is 1.21. The molecule has 0 atom stereocenters. The van der Waals surface area contributed by atoms with E-state index in [-0.39, 0.29) is 17.2 Å². The molecule has 3 amide bonds. The number of hydrogen-bond donors (Lipinski definition) is 2. The number of carbonyl (C=O) groups excluding carboxylic acids is 3. The number of benzene rings is 3. The van der Waals surface area contributed by atoms with Crippen LogP contribution in [0.4, 0.5) is 31.7 Å². The summed E-state index contributed by atoms with van der Waals surface area (Å²) in [5.41, 5.74) is 3.55. The molecule has 258 valence electrons. The highest BCUT2D eigenvalue weighted by molar-refractivity contribution is 7.17. The van der Waals surface area contributed by atoms with Gasteiger partial charge in [-0.3, -0.25) is 14.4 Å². The lowest BCUT2D eigenvalue weighted by Gasteiger charge is -2.53. The lowest BCUT2D eigenvalue weighted by Crippen LogP contribution is -2.59. The van der Waals surface area contributed by atoms with E-state index in [0.29, 0.717) is 46.2 Å². The smallest absolute Gasteiger partial charge is 0.265 e. The van der Waals surface area contributed by atoms with Gasteiger partial charge in [0.2, 0.25) is 0 Å². The SMILES string of the molecule is O=C(Nc1c(F)cccc1F)c1cc2c(s1)-c1ccccc1N(C(=O)c1ccc(NC(=O)c3cccnc3N3CC4(CCOCC4)C3)cc1)CC2. The lowest BCUT2D eigenvalue weighted by molar-refractivity contribution is -0.000510. The fourth-order valence-corrected chi connectivity index (χ4v) is 8.26. The number of amides is 3. The van der Waals surface area contributed by atoms with Crippen molar-refractivity contribution in [2.45, 2.75) is 19.3 Å². The maximum Gasteiger partial charge on any atom is 0.265 e. The Balaban J connectivity index is 0.968. The van der Waals surface area contributed by atoms with Gasteiger partial charge in [-0.2, -0.15) is 0 Å². The number of hydrogen-bond acceptors (Lipinski definition) is 7. The van der Waals surface area contributed by atoms with E-state index in [4.69, 9.17) is 4.74 Å². The van der Waals surface area contributed by atoms with E-state index in [0.717, 1.165) is 67.3 Å². The largest absolute Gasteiger partial charge is 0.381 e. The van der Waals surface area contributed by atoms with Crippen LogP contribution in [-0.2, 0) is 11.2 Å². The Morgan fingerprint density at radius 1 is 0.843 bits per heavy atom. The van der Waals surface area contributed by atoms with Gasteiger partial charge in [-0.05, 0) is 85.5 Å². The highest BCUT2D eigenvalue weighted by Gasteiger charge is 2.45. The number of fused-ring (bicyclic) bond motifs is 3. The second kappa shape index (κ2) is 13.3. The number of nitrogens with one attached hydrogen (secondary N) is 2. The van der Waals surface area contributed by atoms with Crippen LogP contribution in [0.2, 0.25) is 0 Å². The first-order valence-electron chi connectivity index (χ1n) is 16.8. The number of rotatable bonds is 6. The third-order valence-corrected chi connectivity index (χ3v) is 11.1. The van der Waals surface area contributed by atoms with E-state index >= 15 is 0 Å². The van der Waals surface area contributed by atoms with Crippen LogP contribution in [-0.4, -0.2) is 55.6 Å². The molecule has 51 heavy (non-hydrogen) atoms. The molecule has 0 aliphatic carbocycles. The molecular formula is C39H33F2N5O4S. The van der Waals surface area contributed by atoms with Gasteiger partial charge < -0.3 is 25.2 Å². The number of anilines is 4. The molecule has 0 saturated carbocycles. The third-order valence-electron chi connectivity index (χ3n) is 9.85. The number of carbonyl (C=O) groups is 3. The second-order valence-corrected chi connectivity index (χ2v) is 14.2. The Morgan fingerprint density at radius 3 is 2.35 bits per heavy atom. The molecule has 3 aliphatic rings. The first-order chi connectivity index (χ1) is 24.8. The average molecular weight is 706 g/mol. The van der Waals surface area contributed by atoms with Crippen LogP contribution in [0.5, 0.6) is 0 Å². The van der Waals surface area contributed by atoms with Crippen molar-refractivity contribution in [2.24, 2.45) is 5.41 Å². The highest BCUT2D eigenvalue weighted by atomic mass is 32.1. The third kappa shape index (κ3) is 6.25. The molecule has 3 aromatic carbocycles. The molecule has 0 unspecified atom stereocenters. The normalized spacial score (nSPS) is 16.0. The molecule has 12 heteroatoms. The van der Waals surface area contributed by atoms with Gasteiger partial charge in [-0.25, -0.2) is 13.8 Å². The summed E-state index contributed by atoms with van der Waals surface area (Å²) in [6.45, 7) is 3.59. The molecule has 2 fully saturated rings. The number of halogens is 2. The number of pyridine rings is 1. The van der Waals surface area contributed by atoms with Crippen molar-refractivity contribution in [1.82, 2.24) is 4.98 Å². The maximum atomic E-state index is 14.2. The zero-order valence-electron chi connectivity index (χ0n) is 27.5. The van der Waals surface area contributed by atoms with Gasteiger partial charge in [0.15, 0.2) is 0 Å². The van der Waals surface area contributed by atoms with E-state index in [1.165, 1.54) is 17.4 Å². The molecule has 5 aromatic rings. The second-order valence-electron chi connectivity index (χ2n) is 13.1. The van der Waals surface area contributed by atoms with E-state index in [1.54, 1.807) is 53.6 Å². The predicted octanol–water partition coefficient (Wildman–Crippen LogP) is 7.41. The van der Waals surface area contributed by atoms with Crippen LogP contribution in [0.25, 0.3) is 10.4 Å². The van der Waals surface area contributed by atoms with E-state index < -0.39 is 23.2 Å². The van der Waals surface area contributed by atoms with E-state index in [1.807, 2.05) is 24.3 Å². The average Bonchev–Trinajstić information content (AvgIpc) is 3.50. The molecule has 8 rings (SSSR count). The molecule has 9 nitrogen and oxygen atoms in total. The summed E-state index contributed by atoms with van der Waals surface area (Å²) in [5, 5.41) is 5.33. The molecule has 2 N–H and O–H groups in total. The molecule has 2 aromatic heterocycles. The molecule has 5 heterocycles. The van der Waals surface area contributed by atoms with E-state index in [9.17, 15) is 23.2 Å². The van der Waals surface area contributed by atoms with Crippen LogP contribution in [0, 0.1) is 17.0 Å². The Kier molecular flexibility index (Phi) is 8.56. The van der Waals surface area contributed by atoms with Crippen molar-refractivity contribution in [2.75, 3.05) is 53.3 Å². The van der Waals surface area contributed by atoms with Crippen molar-refractivity contribution < 1.29 is 27.9 Å². The summed E-state index contributed by atoms with van der Waals surface area (Å²) in [7, 11) is 0. The predicted molar refractivity (Wildman–Crippen MR) is 193 cm³/mol. The van der Waals surface area contributed by atoms with Gasteiger partial charge in [0.05, 0.1) is 16.1 Å². The Bertz CT molecular complexity index is 2140. The Morgan fingerprint density at radius 2 is 1.59 bits per heavy atom. The minimum atomic E-state index is -0.857. The number of aromatic nitrogens is 1. The van der Waals surface area contributed by atoms with Crippen molar-refractivity contribution in [3.63, 3.8) is 0 Å². The first kappa shape index (κ1) is 32.7. The number of para-hydroxylation sites is 2. The van der Waals surface area contributed by atoms with Crippen LogP contribution in [0.15, 0.2) is 91.1 Å². The molecule has 2 saturated heterocycles. The van der Waals surface area contributed by atoms with Gasteiger partial charge in [0.1, 0.15) is 23.1 Å². The van der Waals surface area contributed by atoms with Crippen LogP contribution >= 0.6 is 11.3 Å². The van der Waals surface area contributed by atoms with Crippen molar-refractivity contribution in [3.05, 3.63) is 124 Å². The van der Waals surface area contributed by atoms with E-state index in [2.05, 4.69) is 20.5 Å². The van der Waals surface area contributed by atoms with Crippen molar-refractivity contribution >= 4 is 51.9 Å². The topological polar surface area (TPSA) is 104 Å². The standard InChI is InChI=1S/C39H33F2N5O4S/c40-29-7-3-8-30(41)33(29)44-37(48)32-21-25-14-18-46(31-9-2-1-5-27(31)34(25)51-32)38(49)24-10-12-26(13-11-24)43-36(47)28-6-4-17-42-35(28)45-22-39(23-45)15-19-50-20-16-39/h1-13,17,21H,14-16,18-20,22-23H2,(H,43,47)(H,44,48). The fraction of sp³-hybridized carbons (Fsp3) is 0.231. The quantitative estimate of drug-likeness (QED) is 0.191. The van der Waals surface area contributed by atoms with Gasteiger partial charge in [-0.1, -0.05) is 24.3 Å². The summed E-state index contributed by atoms with van der Waals surface area (Å²) in [5.74, 6) is -2.14. The molecular weight excluding hydrogens is 673 g/mol. The maximum absolute atomic E-state index is 14.2. The van der Waals surface area contributed by atoms with Gasteiger partial charge in [0.25, 0.3) is 17.7 Å². The van der Waals surface area contributed by atoms with Gasteiger partial charge >= 0.3 is 0 Å². The summed E-state index contributed by atoms with van der Waals surface area (Å²) in [4.78, 5) is 50.0. The minimum absolute atomic E-state index is 0.210. The Labute approximate surface area is 296 Å². The summed E-state index contributed by atoms with van der Waals surface area (Å²) in [6.07, 6.45) is 4.19. The first-order valence-corrected chi connectivity index (χ1v) is 17.6. The minimum Gasteiger partial charge on any atom is -0.381 e. The molecule has 0 radical (unpaired) electrons. The zero-order chi connectivity index (χ0) is 35.1. The fourth-order valence-electron chi connectivity index (χ4n) is 7.12. The number of ether oxygens (including phenoxy) is 1. The Hall–Kier alpha value is -5.46. The lowest BCUT2D eigenvalue weighted by atomic mass is 9.73. The van der Waals surface area contributed by atoms with Crippen molar-refractivity contribution in [1.29, 1.82) is 0 Å². The van der Waals surface area contributed by atoms with Gasteiger partial charge in [-0.15, -0.1) is 11.3 Å². The van der Waals surface area contributed by atoms with Gasteiger partial charge in [0, 0.05) is 66.2 Å². The monoisotopic (exact) mass is 705 g/mol. The summed E-state index contributed by atoms with van der Waals surface area (Å²) in [6, 6.07) is 22.9. The molecule has 0 bridgehead atoms.